The Morgan fingerprint density at radius 3 is 3.12 bits per heavy atom. The van der Waals surface area contributed by atoms with Gasteiger partial charge in [0.15, 0.2) is 5.82 Å². The van der Waals surface area contributed by atoms with E-state index in [0.717, 1.165) is 18.7 Å². The van der Waals surface area contributed by atoms with Crippen molar-refractivity contribution in [1.29, 1.82) is 5.26 Å². The molecule has 0 saturated carbocycles. The van der Waals surface area contributed by atoms with Gasteiger partial charge in [-0.1, -0.05) is 6.92 Å². The lowest BCUT2D eigenvalue weighted by molar-refractivity contribution is -0.138. The first kappa shape index (κ1) is 18.4. The van der Waals surface area contributed by atoms with Crippen LogP contribution in [-0.2, 0) is 16.0 Å². The second-order valence-electron chi connectivity index (χ2n) is 6.09. The average Bonchev–Trinajstić information content (AvgIpc) is 3.07. The molecule has 0 aromatic carbocycles. The molecule has 1 fully saturated rings. The van der Waals surface area contributed by atoms with E-state index in [1.807, 2.05) is 6.92 Å². The van der Waals surface area contributed by atoms with Gasteiger partial charge in [-0.3, -0.25) is 14.8 Å². The van der Waals surface area contributed by atoms with Crippen LogP contribution in [0.1, 0.15) is 44.4 Å². The van der Waals surface area contributed by atoms with Crippen molar-refractivity contribution in [2.45, 2.75) is 45.3 Å². The molecule has 1 aromatic heterocycles. The number of nitriles is 1. The number of H-pyrrole nitrogens is 1. The van der Waals surface area contributed by atoms with Crippen LogP contribution in [0.4, 0.5) is 0 Å². The van der Waals surface area contributed by atoms with E-state index in [4.69, 9.17) is 10.00 Å². The van der Waals surface area contributed by atoms with Crippen LogP contribution in [0.15, 0.2) is 0 Å². The third kappa shape index (κ3) is 4.52. The van der Waals surface area contributed by atoms with Crippen molar-refractivity contribution in [2.75, 3.05) is 33.3 Å². The number of nitrogens with zero attached hydrogens (tertiary/aromatic N) is 5. The highest BCUT2D eigenvalue weighted by Gasteiger charge is 2.31. The first-order valence-corrected chi connectivity index (χ1v) is 8.45. The Morgan fingerprint density at radius 1 is 1.62 bits per heavy atom. The predicted molar refractivity (Wildman–Crippen MR) is 88.0 cm³/mol. The van der Waals surface area contributed by atoms with Gasteiger partial charge in [0, 0.05) is 33.1 Å². The van der Waals surface area contributed by atoms with Gasteiger partial charge >= 0.3 is 0 Å². The molecule has 2 rings (SSSR count). The molecule has 1 saturated heterocycles. The normalized spacial score (nSPS) is 19.7. The molecule has 0 spiro atoms. The van der Waals surface area contributed by atoms with E-state index in [1.165, 1.54) is 0 Å². The van der Waals surface area contributed by atoms with Crippen LogP contribution >= 0.6 is 0 Å². The molecule has 8 nitrogen and oxygen atoms in total. The quantitative estimate of drug-likeness (QED) is 0.795. The van der Waals surface area contributed by atoms with E-state index in [2.05, 4.69) is 33.1 Å². The largest absolute Gasteiger partial charge is 0.367 e. The Balaban J connectivity index is 1.96. The highest BCUT2D eigenvalue weighted by molar-refractivity contribution is 5.81. The lowest BCUT2D eigenvalue weighted by atomic mass is 10.2. The number of rotatable bonds is 7. The second-order valence-corrected chi connectivity index (χ2v) is 6.09. The number of hydrogen-bond acceptors (Lipinski definition) is 6. The fraction of sp³-hybridized carbons (Fsp3) is 0.750. The SMILES string of the molecule is CCCc1nc([C@@H]2CN([C@H](C)C(=O)N(C)CCC#N)CCO2)n[nH]1. The summed E-state index contributed by atoms with van der Waals surface area (Å²) in [4.78, 5) is 20.7. The molecule has 1 aliphatic rings. The van der Waals surface area contributed by atoms with Crippen LogP contribution in [0.5, 0.6) is 0 Å². The zero-order chi connectivity index (χ0) is 17.5. The Hall–Kier alpha value is -1.98. The van der Waals surface area contributed by atoms with Crippen molar-refractivity contribution < 1.29 is 9.53 Å². The summed E-state index contributed by atoms with van der Waals surface area (Å²) in [6.07, 6.45) is 1.99. The number of hydrogen-bond donors (Lipinski definition) is 1. The van der Waals surface area contributed by atoms with Gasteiger partial charge in [0.05, 0.1) is 25.1 Å². The van der Waals surface area contributed by atoms with Crippen LogP contribution in [-0.4, -0.2) is 70.2 Å². The molecule has 1 amide bonds. The van der Waals surface area contributed by atoms with E-state index >= 15 is 0 Å². The highest BCUT2D eigenvalue weighted by atomic mass is 16.5. The number of nitrogens with one attached hydrogen (secondary N) is 1. The lowest BCUT2D eigenvalue weighted by Gasteiger charge is -2.36. The van der Waals surface area contributed by atoms with Crippen LogP contribution in [0, 0.1) is 11.3 Å². The van der Waals surface area contributed by atoms with Gasteiger partial charge in [0.25, 0.3) is 0 Å². The average molecular weight is 334 g/mol. The van der Waals surface area contributed by atoms with Gasteiger partial charge in [0.2, 0.25) is 5.91 Å². The summed E-state index contributed by atoms with van der Waals surface area (Å²) in [6.45, 7) is 6.27. The summed E-state index contributed by atoms with van der Waals surface area (Å²) in [6, 6.07) is 1.81. The number of likely N-dealkylation sites (N-methyl/N-ethyl adjacent to an activating group) is 1. The third-order valence-corrected chi connectivity index (χ3v) is 4.26. The lowest BCUT2D eigenvalue weighted by Crippen LogP contribution is -2.50. The Kier molecular flexibility index (Phi) is 6.70. The predicted octanol–water partition coefficient (Wildman–Crippen LogP) is 0.891. The maximum Gasteiger partial charge on any atom is 0.239 e. The number of carbonyl (C=O) groups is 1. The standard InChI is InChI=1S/C16H26N6O2/c1-4-6-14-18-15(20-19-14)13-11-22(9-10-24-13)12(2)16(23)21(3)8-5-7-17/h12-13H,4-6,8-11H2,1-3H3,(H,18,19,20)/t12-,13+/m1/s1. The summed E-state index contributed by atoms with van der Waals surface area (Å²) < 4.78 is 5.79. The molecule has 132 valence electrons. The molecule has 2 heterocycles. The molecular formula is C16H26N6O2. The van der Waals surface area contributed by atoms with Crippen LogP contribution in [0.25, 0.3) is 0 Å². The van der Waals surface area contributed by atoms with E-state index in [1.54, 1.807) is 11.9 Å². The minimum atomic E-state index is -0.255. The van der Waals surface area contributed by atoms with Crippen LogP contribution < -0.4 is 0 Å². The van der Waals surface area contributed by atoms with Gasteiger partial charge in [-0.05, 0) is 13.3 Å². The molecule has 24 heavy (non-hydrogen) atoms. The molecule has 1 aromatic rings. The summed E-state index contributed by atoms with van der Waals surface area (Å²) in [5.74, 6) is 1.54. The number of aromatic nitrogens is 3. The van der Waals surface area contributed by atoms with Gasteiger partial charge in [-0.25, -0.2) is 4.98 Å². The zero-order valence-corrected chi connectivity index (χ0v) is 14.7. The zero-order valence-electron chi connectivity index (χ0n) is 14.7. The first-order chi connectivity index (χ1) is 11.6. The molecule has 0 aliphatic carbocycles. The highest BCUT2D eigenvalue weighted by Crippen LogP contribution is 2.21. The number of aromatic amines is 1. The number of amides is 1. The van der Waals surface area contributed by atoms with Crippen molar-refractivity contribution in [3.05, 3.63) is 11.6 Å². The molecule has 1 N–H and O–H groups in total. The van der Waals surface area contributed by atoms with Crippen molar-refractivity contribution in [3.8, 4) is 6.07 Å². The van der Waals surface area contributed by atoms with Crippen molar-refractivity contribution in [3.63, 3.8) is 0 Å². The molecule has 8 heteroatoms. The minimum Gasteiger partial charge on any atom is -0.367 e. The Morgan fingerprint density at radius 2 is 2.42 bits per heavy atom. The van der Waals surface area contributed by atoms with Crippen LogP contribution in [0.3, 0.4) is 0 Å². The van der Waals surface area contributed by atoms with E-state index < -0.39 is 0 Å². The van der Waals surface area contributed by atoms with E-state index in [-0.39, 0.29) is 18.1 Å². The topological polar surface area (TPSA) is 98.1 Å². The van der Waals surface area contributed by atoms with Crippen molar-refractivity contribution >= 4 is 5.91 Å². The Bertz CT molecular complexity index is 581. The first-order valence-electron chi connectivity index (χ1n) is 8.45. The number of carbonyl (C=O) groups excluding carboxylic acids is 1. The maximum absolute atomic E-state index is 12.5. The Labute approximate surface area is 142 Å². The number of aryl methyl sites for hydroxylation is 1. The van der Waals surface area contributed by atoms with Crippen molar-refractivity contribution in [1.82, 2.24) is 25.0 Å². The number of morpholine rings is 1. The molecule has 0 bridgehead atoms. The maximum atomic E-state index is 12.5. The summed E-state index contributed by atoms with van der Waals surface area (Å²) in [5.41, 5.74) is 0. The second kappa shape index (κ2) is 8.76. The molecule has 0 radical (unpaired) electrons. The van der Waals surface area contributed by atoms with Crippen molar-refractivity contribution in [2.24, 2.45) is 0 Å². The fourth-order valence-corrected chi connectivity index (χ4v) is 2.78. The summed E-state index contributed by atoms with van der Waals surface area (Å²) >= 11 is 0. The molecule has 0 unspecified atom stereocenters. The van der Waals surface area contributed by atoms with Gasteiger partial charge in [0.1, 0.15) is 11.9 Å². The molecule has 1 aliphatic heterocycles. The van der Waals surface area contributed by atoms with Gasteiger partial charge in [-0.15, -0.1) is 0 Å². The third-order valence-electron chi connectivity index (χ3n) is 4.26. The van der Waals surface area contributed by atoms with E-state index in [0.29, 0.717) is 38.5 Å². The molecular weight excluding hydrogens is 308 g/mol. The fourth-order valence-electron chi connectivity index (χ4n) is 2.78. The van der Waals surface area contributed by atoms with Gasteiger partial charge < -0.3 is 9.64 Å². The molecule has 2 atom stereocenters. The summed E-state index contributed by atoms with van der Waals surface area (Å²) in [5, 5.41) is 15.9. The van der Waals surface area contributed by atoms with Gasteiger partial charge in [-0.2, -0.15) is 10.4 Å². The van der Waals surface area contributed by atoms with E-state index in [9.17, 15) is 4.79 Å². The monoisotopic (exact) mass is 334 g/mol. The number of ether oxygens (including phenoxy) is 1. The summed E-state index contributed by atoms with van der Waals surface area (Å²) in [7, 11) is 1.74. The minimum absolute atomic E-state index is 0.0209. The van der Waals surface area contributed by atoms with Crippen LogP contribution in [0.2, 0.25) is 0 Å². The smallest absolute Gasteiger partial charge is 0.239 e.